The number of hydrogen-bond donors (Lipinski definition) is 1. The summed E-state index contributed by atoms with van der Waals surface area (Å²) < 4.78 is 18.2. The molecule has 1 unspecified atom stereocenters. The molecule has 0 bridgehead atoms. The van der Waals surface area contributed by atoms with Crippen molar-refractivity contribution < 1.29 is 9.13 Å². The normalized spacial score (nSPS) is 12.5. The fourth-order valence-corrected chi connectivity index (χ4v) is 1.35. The van der Waals surface area contributed by atoms with E-state index >= 15 is 0 Å². The lowest BCUT2D eigenvalue weighted by atomic mass is 10.3. The van der Waals surface area contributed by atoms with Crippen molar-refractivity contribution in [2.24, 2.45) is 0 Å². The van der Waals surface area contributed by atoms with Gasteiger partial charge < -0.3 is 10.1 Å². The fourth-order valence-electron chi connectivity index (χ4n) is 1.04. The first-order chi connectivity index (χ1) is 7.17. The SMILES string of the molecule is COCC(CCl)Nc1ncc(Cl)cc1F. The Labute approximate surface area is 97.5 Å². The maximum atomic E-state index is 13.3. The lowest BCUT2D eigenvalue weighted by molar-refractivity contribution is 0.191. The maximum Gasteiger partial charge on any atom is 0.166 e. The minimum absolute atomic E-state index is 0.127. The summed E-state index contributed by atoms with van der Waals surface area (Å²) in [6, 6.07) is 1.01. The van der Waals surface area contributed by atoms with Crippen molar-refractivity contribution in [2.75, 3.05) is 24.9 Å². The Morgan fingerprint density at radius 1 is 1.67 bits per heavy atom. The third kappa shape index (κ3) is 3.81. The standard InChI is InChI=1S/C9H11Cl2FN2O/c1-15-5-7(3-10)14-9-8(12)2-6(11)4-13-9/h2,4,7H,3,5H2,1H3,(H,13,14). The van der Waals surface area contributed by atoms with E-state index < -0.39 is 5.82 Å². The summed E-state index contributed by atoms with van der Waals surface area (Å²) in [7, 11) is 1.55. The van der Waals surface area contributed by atoms with Gasteiger partial charge in [0.15, 0.2) is 11.6 Å². The molecule has 0 aliphatic carbocycles. The number of alkyl halides is 1. The van der Waals surface area contributed by atoms with Crippen LogP contribution in [0, 0.1) is 5.82 Å². The molecule has 0 fully saturated rings. The Hall–Kier alpha value is -0.580. The zero-order chi connectivity index (χ0) is 11.3. The number of methoxy groups -OCH3 is 1. The highest BCUT2D eigenvalue weighted by atomic mass is 35.5. The molecule has 1 atom stereocenters. The Morgan fingerprint density at radius 3 is 2.93 bits per heavy atom. The van der Waals surface area contributed by atoms with Gasteiger partial charge in [-0.05, 0) is 6.07 Å². The highest BCUT2D eigenvalue weighted by molar-refractivity contribution is 6.30. The summed E-state index contributed by atoms with van der Waals surface area (Å²) in [5.74, 6) is -0.0757. The van der Waals surface area contributed by atoms with E-state index in [1.807, 2.05) is 0 Å². The van der Waals surface area contributed by atoms with Gasteiger partial charge in [-0.3, -0.25) is 0 Å². The first-order valence-corrected chi connectivity index (χ1v) is 5.21. The molecule has 0 amide bonds. The second-order valence-electron chi connectivity index (χ2n) is 2.93. The minimum Gasteiger partial charge on any atom is -0.383 e. The quantitative estimate of drug-likeness (QED) is 0.819. The monoisotopic (exact) mass is 252 g/mol. The van der Waals surface area contributed by atoms with Gasteiger partial charge in [-0.25, -0.2) is 9.37 Å². The predicted molar refractivity (Wildman–Crippen MR) is 59.2 cm³/mol. The molecule has 0 aromatic carbocycles. The predicted octanol–water partition coefficient (Wildman–Crippen LogP) is 2.54. The topological polar surface area (TPSA) is 34.1 Å². The number of aromatic nitrogens is 1. The zero-order valence-corrected chi connectivity index (χ0v) is 9.65. The lowest BCUT2D eigenvalue weighted by Gasteiger charge is -2.15. The molecule has 1 N–H and O–H groups in total. The van der Waals surface area contributed by atoms with Gasteiger partial charge in [-0.2, -0.15) is 0 Å². The molecule has 0 saturated heterocycles. The van der Waals surface area contributed by atoms with Gasteiger partial charge in [0.1, 0.15) is 0 Å². The van der Waals surface area contributed by atoms with E-state index in [1.54, 1.807) is 7.11 Å². The average molecular weight is 253 g/mol. The van der Waals surface area contributed by atoms with E-state index in [2.05, 4.69) is 10.3 Å². The molecular weight excluding hydrogens is 242 g/mol. The zero-order valence-electron chi connectivity index (χ0n) is 8.14. The second kappa shape index (κ2) is 6.10. The molecule has 0 saturated carbocycles. The first-order valence-electron chi connectivity index (χ1n) is 4.30. The minimum atomic E-state index is -0.506. The van der Waals surface area contributed by atoms with Crippen molar-refractivity contribution in [3.8, 4) is 0 Å². The van der Waals surface area contributed by atoms with Crippen LogP contribution >= 0.6 is 23.2 Å². The van der Waals surface area contributed by atoms with Crippen LogP contribution in [0.15, 0.2) is 12.3 Å². The molecule has 0 aliphatic heterocycles. The summed E-state index contributed by atoms with van der Waals surface area (Å²) in [6.07, 6.45) is 1.37. The average Bonchev–Trinajstić information content (AvgIpc) is 2.21. The van der Waals surface area contributed by atoms with E-state index in [9.17, 15) is 4.39 Å². The smallest absolute Gasteiger partial charge is 0.166 e. The van der Waals surface area contributed by atoms with Gasteiger partial charge in [0, 0.05) is 19.2 Å². The summed E-state index contributed by atoms with van der Waals surface area (Å²) in [4.78, 5) is 3.82. The molecule has 1 heterocycles. The molecule has 3 nitrogen and oxygen atoms in total. The van der Waals surface area contributed by atoms with E-state index in [0.717, 1.165) is 0 Å². The van der Waals surface area contributed by atoms with Crippen LogP contribution in [-0.2, 0) is 4.74 Å². The number of nitrogens with one attached hydrogen (secondary N) is 1. The van der Waals surface area contributed by atoms with Crippen LogP contribution in [0.25, 0.3) is 0 Å². The van der Waals surface area contributed by atoms with Crippen molar-refractivity contribution in [1.82, 2.24) is 4.98 Å². The molecular formula is C9H11Cl2FN2O. The molecule has 0 spiro atoms. The van der Waals surface area contributed by atoms with E-state index in [-0.39, 0.29) is 16.9 Å². The molecule has 1 rings (SSSR count). The first kappa shape index (κ1) is 12.5. The van der Waals surface area contributed by atoms with Crippen molar-refractivity contribution in [1.29, 1.82) is 0 Å². The van der Waals surface area contributed by atoms with Gasteiger partial charge >= 0.3 is 0 Å². The molecule has 1 aromatic rings. The number of pyridine rings is 1. The lowest BCUT2D eigenvalue weighted by Crippen LogP contribution is -2.27. The van der Waals surface area contributed by atoms with Crippen LogP contribution in [0.1, 0.15) is 0 Å². The highest BCUT2D eigenvalue weighted by Gasteiger charge is 2.11. The van der Waals surface area contributed by atoms with Crippen molar-refractivity contribution >= 4 is 29.0 Å². The van der Waals surface area contributed by atoms with E-state index in [1.165, 1.54) is 12.3 Å². The number of halogens is 3. The van der Waals surface area contributed by atoms with Crippen LogP contribution in [0.2, 0.25) is 5.02 Å². The van der Waals surface area contributed by atoms with Gasteiger partial charge in [0.05, 0.1) is 17.7 Å². The van der Waals surface area contributed by atoms with Crippen LogP contribution in [0.5, 0.6) is 0 Å². The summed E-state index contributed by atoms with van der Waals surface area (Å²) in [6.45, 7) is 0.382. The largest absolute Gasteiger partial charge is 0.383 e. The van der Waals surface area contributed by atoms with Crippen LogP contribution in [0.4, 0.5) is 10.2 Å². The molecule has 6 heteroatoms. The Morgan fingerprint density at radius 2 is 2.40 bits per heavy atom. The van der Waals surface area contributed by atoms with Crippen molar-refractivity contribution in [2.45, 2.75) is 6.04 Å². The van der Waals surface area contributed by atoms with Gasteiger partial charge in [0.2, 0.25) is 0 Å². The van der Waals surface area contributed by atoms with Gasteiger partial charge in [-0.1, -0.05) is 11.6 Å². The third-order valence-corrected chi connectivity index (χ3v) is 2.28. The highest BCUT2D eigenvalue weighted by Crippen LogP contribution is 2.16. The summed E-state index contributed by atoms with van der Waals surface area (Å²) in [5, 5.41) is 3.08. The molecule has 1 aromatic heterocycles. The molecule has 84 valence electrons. The summed E-state index contributed by atoms with van der Waals surface area (Å²) in [5.41, 5.74) is 0. The third-order valence-electron chi connectivity index (χ3n) is 1.70. The van der Waals surface area contributed by atoms with Crippen LogP contribution in [-0.4, -0.2) is 30.6 Å². The second-order valence-corrected chi connectivity index (χ2v) is 3.68. The van der Waals surface area contributed by atoms with Gasteiger partial charge in [-0.15, -0.1) is 11.6 Å². The number of hydrogen-bond acceptors (Lipinski definition) is 3. The fraction of sp³-hybridized carbons (Fsp3) is 0.444. The van der Waals surface area contributed by atoms with E-state index in [4.69, 9.17) is 27.9 Å². The number of nitrogens with zero attached hydrogens (tertiary/aromatic N) is 1. The number of anilines is 1. The van der Waals surface area contributed by atoms with Crippen LogP contribution in [0.3, 0.4) is 0 Å². The Kier molecular flexibility index (Phi) is 5.08. The molecule has 0 radical (unpaired) electrons. The maximum absolute atomic E-state index is 13.3. The molecule has 0 aliphatic rings. The number of rotatable bonds is 5. The van der Waals surface area contributed by atoms with Gasteiger partial charge in [0.25, 0.3) is 0 Å². The Bertz CT molecular complexity index is 325. The Balaban J connectivity index is 2.70. The van der Waals surface area contributed by atoms with Crippen molar-refractivity contribution in [3.63, 3.8) is 0 Å². The molecule has 15 heavy (non-hydrogen) atoms. The van der Waals surface area contributed by atoms with E-state index in [0.29, 0.717) is 12.5 Å². The summed E-state index contributed by atoms with van der Waals surface area (Å²) >= 11 is 11.2. The van der Waals surface area contributed by atoms with Crippen molar-refractivity contribution in [3.05, 3.63) is 23.1 Å². The number of ether oxygens (including phenoxy) is 1. The van der Waals surface area contributed by atoms with Crippen LogP contribution < -0.4 is 5.32 Å².